The molecule has 6 heteroatoms. The summed E-state index contributed by atoms with van der Waals surface area (Å²) in [7, 11) is 1.94. The Morgan fingerprint density at radius 3 is 2.70 bits per heavy atom. The molecular weight excluding hydrogens is 315 g/mol. The highest BCUT2D eigenvalue weighted by atomic mass is 32.2. The maximum atomic E-state index is 12.9. The second-order valence-electron chi connectivity index (χ2n) is 6.47. The molecule has 2 amide bonds. The lowest BCUT2D eigenvalue weighted by Gasteiger charge is -2.23. The third-order valence-electron chi connectivity index (χ3n) is 4.66. The highest BCUT2D eigenvalue weighted by Crippen LogP contribution is 2.44. The number of benzene rings is 1. The molecule has 0 bridgehead atoms. The van der Waals surface area contributed by atoms with Crippen LogP contribution >= 0.6 is 11.8 Å². The average Bonchev–Trinajstić information content (AvgIpc) is 3.07. The number of amides is 2. The van der Waals surface area contributed by atoms with Gasteiger partial charge < -0.3 is 4.90 Å². The first kappa shape index (κ1) is 16.5. The Morgan fingerprint density at radius 2 is 2.04 bits per heavy atom. The number of likely N-dealkylation sites (N-methyl/N-ethyl adjacent to an activating group) is 1. The molecule has 0 N–H and O–H groups in total. The third kappa shape index (κ3) is 3.43. The predicted molar refractivity (Wildman–Crippen MR) is 88.4 cm³/mol. The molecule has 2 aliphatic heterocycles. The minimum Gasteiger partial charge on any atom is -0.300 e. The van der Waals surface area contributed by atoms with Gasteiger partial charge in [-0.15, -0.1) is 0 Å². The highest BCUT2D eigenvalue weighted by molar-refractivity contribution is 7.99. The number of hydrogen-bond acceptors (Lipinski definition) is 4. The first-order valence-electron chi connectivity index (χ1n) is 7.86. The van der Waals surface area contributed by atoms with Gasteiger partial charge >= 0.3 is 0 Å². The van der Waals surface area contributed by atoms with Crippen LogP contribution in [0.4, 0.5) is 4.39 Å². The number of halogens is 1. The average molecular weight is 336 g/mol. The van der Waals surface area contributed by atoms with Crippen molar-refractivity contribution in [2.75, 3.05) is 31.6 Å². The van der Waals surface area contributed by atoms with E-state index >= 15 is 0 Å². The van der Waals surface area contributed by atoms with Crippen LogP contribution in [0.1, 0.15) is 18.4 Å². The zero-order valence-corrected chi connectivity index (χ0v) is 14.1. The summed E-state index contributed by atoms with van der Waals surface area (Å²) in [5.41, 5.74) is 0.591. The van der Waals surface area contributed by atoms with Gasteiger partial charge in [0.05, 0.1) is 5.41 Å². The Balaban J connectivity index is 1.54. The van der Waals surface area contributed by atoms with Crippen molar-refractivity contribution in [1.82, 2.24) is 9.80 Å². The summed E-state index contributed by atoms with van der Waals surface area (Å²) in [4.78, 5) is 28.3. The van der Waals surface area contributed by atoms with Gasteiger partial charge in [0.15, 0.2) is 0 Å². The normalized spacial score (nSPS) is 24.4. The molecule has 1 spiro atoms. The molecule has 2 aliphatic rings. The van der Waals surface area contributed by atoms with Crippen molar-refractivity contribution in [3.05, 3.63) is 35.6 Å². The Labute approximate surface area is 140 Å². The van der Waals surface area contributed by atoms with Crippen molar-refractivity contribution in [2.45, 2.75) is 19.4 Å². The van der Waals surface area contributed by atoms with Crippen molar-refractivity contribution in [2.24, 2.45) is 5.41 Å². The third-order valence-corrected chi connectivity index (χ3v) is 5.91. The molecule has 2 fully saturated rings. The molecular formula is C17H21FN2O2S. The lowest BCUT2D eigenvalue weighted by Crippen LogP contribution is -2.40. The van der Waals surface area contributed by atoms with Crippen LogP contribution in [-0.4, -0.2) is 53.3 Å². The van der Waals surface area contributed by atoms with Gasteiger partial charge in [0.1, 0.15) is 5.82 Å². The maximum Gasteiger partial charge on any atom is 0.236 e. The molecule has 0 saturated carbocycles. The van der Waals surface area contributed by atoms with Gasteiger partial charge in [0, 0.05) is 31.8 Å². The monoisotopic (exact) mass is 336 g/mol. The molecule has 1 aromatic rings. The summed E-state index contributed by atoms with van der Waals surface area (Å²) in [5.74, 6) is 1.48. The van der Waals surface area contributed by atoms with Crippen LogP contribution in [0.3, 0.4) is 0 Å². The van der Waals surface area contributed by atoms with Crippen molar-refractivity contribution in [1.29, 1.82) is 0 Å². The first-order valence-corrected chi connectivity index (χ1v) is 9.01. The van der Waals surface area contributed by atoms with Gasteiger partial charge in [-0.3, -0.25) is 14.5 Å². The fraction of sp³-hybridized carbons (Fsp3) is 0.529. The standard InChI is InChI=1S/C17H21FN2O2S/c1-19(11-13-2-4-14(18)5-3-13)7-8-20-15(21)10-17(16(20)22)6-9-23-12-17/h2-5H,6-12H2,1H3/t17-/m1/s1. The van der Waals surface area contributed by atoms with E-state index in [-0.39, 0.29) is 17.6 Å². The minimum atomic E-state index is -0.419. The van der Waals surface area contributed by atoms with E-state index in [0.29, 0.717) is 26.1 Å². The Hall–Kier alpha value is -1.40. The fourth-order valence-electron chi connectivity index (χ4n) is 3.25. The Morgan fingerprint density at radius 1 is 1.30 bits per heavy atom. The Kier molecular flexibility index (Phi) is 4.73. The van der Waals surface area contributed by atoms with Crippen LogP contribution in [0.2, 0.25) is 0 Å². The number of carbonyl (C=O) groups excluding carboxylic acids is 2. The Bertz CT molecular complexity index is 599. The van der Waals surface area contributed by atoms with Gasteiger partial charge in [0.2, 0.25) is 11.8 Å². The number of hydrogen-bond donors (Lipinski definition) is 0. The van der Waals surface area contributed by atoms with Crippen molar-refractivity contribution >= 4 is 23.6 Å². The predicted octanol–water partition coefficient (Wildman–Crippen LogP) is 2.14. The molecule has 0 aromatic heterocycles. The summed E-state index contributed by atoms with van der Waals surface area (Å²) >= 11 is 1.76. The van der Waals surface area contributed by atoms with Crippen molar-refractivity contribution < 1.29 is 14.0 Å². The molecule has 23 heavy (non-hydrogen) atoms. The molecule has 124 valence electrons. The highest BCUT2D eigenvalue weighted by Gasteiger charge is 2.52. The zero-order valence-electron chi connectivity index (χ0n) is 13.3. The minimum absolute atomic E-state index is 0.0164. The first-order chi connectivity index (χ1) is 11.0. The molecule has 3 rings (SSSR count). The summed E-state index contributed by atoms with van der Waals surface area (Å²) in [6, 6.07) is 6.39. The van der Waals surface area contributed by atoms with Crippen LogP contribution in [0, 0.1) is 11.2 Å². The number of rotatable bonds is 5. The van der Waals surface area contributed by atoms with Crippen molar-refractivity contribution in [3.63, 3.8) is 0 Å². The van der Waals surface area contributed by atoms with Gasteiger partial charge in [0.25, 0.3) is 0 Å². The number of likely N-dealkylation sites (tertiary alicyclic amines) is 1. The van der Waals surface area contributed by atoms with E-state index in [1.54, 1.807) is 23.9 Å². The van der Waals surface area contributed by atoms with Crippen LogP contribution < -0.4 is 0 Å². The SMILES string of the molecule is CN(CCN1C(=O)C[C@@]2(CCSC2)C1=O)Cc1ccc(F)cc1. The van der Waals surface area contributed by atoms with E-state index in [2.05, 4.69) is 0 Å². The van der Waals surface area contributed by atoms with E-state index in [1.165, 1.54) is 17.0 Å². The fourth-order valence-corrected chi connectivity index (χ4v) is 4.69. The number of imide groups is 1. The lowest BCUT2D eigenvalue weighted by atomic mass is 9.86. The van der Waals surface area contributed by atoms with Gasteiger partial charge in [-0.1, -0.05) is 12.1 Å². The van der Waals surface area contributed by atoms with E-state index < -0.39 is 5.41 Å². The van der Waals surface area contributed by atoms with Crippen LogP contribution in [0.25, 0.3) is 0 Å². The second-order valence-corrected chi connectivity index (χ2v) is 7.58. The maximum absolute atomic E-state index is 12.9. The molecule has 1 atom stereocenters. The molecule has 2 heterocycles. The topological polar surface area (TPSA) is 40.6 Å². The van der Waals surface area contributed by atoms with E-state index in [4.69, 9.17) is 0 Å². The van der Waals surface area contributed by atoms with Gasteiger partial charge in [-0.05, 0) is 36.9 Å². The second kappa shape index (κ2) is 6.61. The van der Waals surface area contributed by atoms with E-state index in [0.717, 1.165) is 23.5 Å². The smallest absolute Gasteiger partial charge is 0.236 e. The summed E-state index contributed by atoms with van der Waals surface area (Å²) < 4.78 is 12.9. The number of carbonyl (C=O) groups is 2. The summed E-state index contributed by atoms with van der Waals surface area (Å²) in [6.07, 6.45) is 1.20. The quantitative estimate of drug-likeness (QED) is 0.773. The van der Waals surface area contributed by atoms with E-state index in [1.807, 2.05) is 11.9 Å². The molecule has 1 aromatic carbocycles. The van der Waals surface area contributed by atoms with Crippen LogP contribution in [-0.2, 0) is 16.1 Å². The summed E-state index contributed by atoms with van der Waals surface area (Å²) in [5, 5.41) is 0. The van der Waals surface area contributed by atoms with Crippen LogP contribution in [0.5, 0.6) is 0 Å². The van der Waals surface area contributed by atoms with Crippen molar-refractivity contribution in [3.8, 4) is 0 Å². The van der Waals surface area contributed by atoms with Gasteiger partial charge in [-0.25, -0.2) is 4.39 Å². The van der Waals surface area contributed by atoms with Crippen LogP contribution in [0.15, 0.2) is 24.3 Å². The molecule has 0 radical (unpaired) electrons. The molecule has 2 saturated heterocycles. The molecule has 0 aliphatic carbocycles. The van der Waals surface area contributed by atoms with E-state index in [9.17, 15) is 14.0 Å². The molecule has 0 unspecified atom stereocenters. The molecule has 4 nitrogen and oxygen atoms in total. The summed E-state index contributed by atoms with van der Waals surface area (Å²) in [6.45, 7) is 1.72. The van der Waals surface area contributed by atoms with Gasteiger partial charge in [-0.2, -0.15) is 11.8 Å². The number of thioether (sulfide) groups is 1. The largest absolute Gasteiger partial charge is 0.300 e. The lowest BCUT2D eigenvalue weighted by molar-refractivity contribution is -0.141. The zero-order chi connectivity index (χ0) is 16.4. The number of nitrogens with zero attached hydrogens (tertiary/aromatic N) is 2.